The van der Waals surface area contributed by atoms with Crippen molar-refractivity contribution in [2.75, 3.05) is 6.61 Å². The number of rotatable bonds is 5. The molecule has 25 heavy (non-hydrogen) atoms. The van der Waals surface area contributed by atoms with Gasteiger partial charge in [-0.1, -0.05) is 30.3 Å². The minimum Gasteiger partial charge on any atom is -0.508 e. The first-order valence-electron chi connectivity index (χ1n) is 7.57. The Labute approximate surface area is 144 Å². The predicted octanol–water partition coefficient (Wildman–Crippen LogP) is 2.78. The summed E-state index contributed by atoms with van der Waals surface area (Å²) in [5.74, 6) is -0.0235. The molecule has 0 bridgehead atoms. The predicted molar refractivity (Wildman–Crippen MR) is 95.0 cm³/mol. The number of hydrogen-bond acceptors (Lipinski definition) is 5. The van der Waals surface area contributed by atoms with Crippen molar-refractivity contribution in [3.63, 3.8) is 0 Å². The van der Waals surface area contributed by atoms with Crippen molar-refractivity contribution in [2.24, 2.45) is 5.10 Å². The molecule has 0 spiro atoms. The average molecular weight is 336 g/mol. The van der Waals surface area contributed by atoms with Crippen molar-refractivity contribution >= 4 is 22.9 Å². The first kappa shape index (κ1) is 16.3. The van der Waals surface area contributed by atoms with E-state index < -0.39 is 5.91 Å². The molecule has 0 fully saturated rings. The normalized spacial score (nSPS) is 10.9. The highest BCUT2D eigenvalue weighted by Crippen LogP contribution is 2.21. The molecule has 0 unspecified atom stereocenters. The number of phenols is 2. The molecule has 0 aromatic heterocycles. The number of ether oxygens (including phenoxy) is 1. The summed E-state index contributed by atoms with van der Waals surface area (Å²) in [7, 11) is 0. The first-order chi connectivity index (χ1) is 12.1. The van der Waals surface area contributed by atoms with Crippen LogP contribution in [0.15, 0.2) is 65.8 Å². The summed E-state index contributed by atoms with van der Waals surface area (Å²) in [6.45, 7) is -0.183. The number of carbonyl (C=O) groups excluding carboxylic acids is 1. The lowest BCUT2D eigenvalue weighted by Gasteiger charge is -2.06. The number of hydrogen-bond donors (Lipinski definition) is 3. The van der Waals surface area contributed by atoms with Gasteiger partial charge in [0.05, 0.1) is 6.21 Å². The van der Waals surface area contributed by atoms with Crippen LogP contribution in [-0.4, -0.2) is 28.9 Å². The zero-order valence-electron chi connectivity index (χ0n) is 13.2. The Balaban J connectivity index is 1.54. The van der Waals surface area contributed by atoms with Gasteiger partial charge in [-0.15, -0.1) is 0 Å². The molecule has 0 saturated heterocycles. The number of carbonyl (C=O) groups is 1. The number of benzene rings is 3. The lowest BCUT2D eigenvalue weighted by Crippen LogP contribution is -2.24. The molecule has 3 rings (SSSR count). The van der Waals surface area contributed by atoms with E-state index in [1.54, 1.807) is 6.07 Å². The molecule has 1 amide bonds. The fourth-order valence-corrected chi connectivity index (χ4v) is 2.25. The summed E-state index contributed by atoms with van der Waals surface area (Å²) < 4.78 is 5.45. The highest BCUT2D eigenvalue weighted by Gasteiger charge is 2.03. The minimum absolute atomic E-state index is 0.0533. The molecule has 0 saturated carbocycles. The monoisotopic (exact) mass is 336 g/mol. The molecular weight excluding hydrogens is 320 g/mol. The minimum atomic E-state index is -0.428. The summed E-state index contributed by atoms with van der Waals surface area (Å²) >= 11 is 0. The molecule has 3 aromatic rings. The van der Waals surface area contributed by atoms with E-state index >= 15 is 0 Å². The van der Waals surface area contributed by atoms with Crippen molar-refractivity contribution in [3.05, 3.63) is 66.2 Å². The number of nitrogens with zero attached hydrogens (tertiary/aromatic N) is 1. The molecule has 0 heterocycles. The standard InChI is InChI=1S/C19H16N2O4/c22-16-7-5-15(18(23)10-16)11-20-21-19(24)12-25-17-8-6-13-3-1-2-4-14(13)9-17/h1-11,22-23H,12H2,(H,21,24)/b20-11-. The summed E-state index contributed by atoms with van der Waals surface area (Å²) in [5.41, 5.74) is 2.68. The summed E-state index contributed by atoms with van der Waals surface area (Å²) in [6, 6.07) is 17.5. The van der Waals surface area contributed by atoms with E-state index in [2.05, 4.69) is 10.5 Å². The fraction of sp³-hybridized carbons (Fsp3) is 0.0526. The second-order valence-electron chi connectivity index (χ2n) is 5.33. The van der Waals surface area contributed by atoms with Gasteiger partial charge in [-0.3, -0.25) is 4.79 Å². The Morgan fingerprint density at radius 1 is 1.04 bits per heavy atom. The van der Waals surface area contributed by atoms with Crippen LogP contribution in [0.4, 0.5) is 0 Å². The lowest BCUT2D eigenvalue weighted by atomic mass is 10.1. The highest BCUT2D eigenvalue weighted by molar-refractivity contribution is 5.86. The van der Waals surface area contributed by atoms with E-state index in [0.717, 1.165) is 10.8 Å². The fourth-order valence-electron chi connectivity index (χ4n) is 2.25. The van der Waals surface area contributed by atoms with Crippen molar-refractivity contribution in [2.45, 2.75) is 0 Å². The van der Waals surface area contributed by atoms with Gasteiger partial charge in [0.25, 0.3) is 5.91 Å². The number of hydrazone groups is 1. The number of aromatic hydroxyl groups is 2. The van der Waals surface area contributed by atoms with Gasteiger partial charge in [-0.2, -0.15) is 5.10 Å². The third-order valence-electron chi connectivity index (χ3n) is 3.50. The molecule has 0 aliphatic heterocycles. The quantitative estimate of drug-likeness (QED) is 0.493. The zero-order valence-corrected chi connectivity index (χ0v) is 13.2. The lowest BCUT2D eigenvalue weighted by molar-refractivity contribution is -0.123. The molecule has 3 N–H and O–H groups in total. The Hall–Kier alpha value is -3.54. The SMILES string of the molecule is O=C(COc1ccc2ccccc2c1)N/N=C\c1ccc(O)cc1O. The molecule has 3 aromatic carbocycles. The maximum atomic E-state index is 11.8. The van der Waals surface area contributed by atoms with Crippen LogP contribution in [0.3, 0.4) is 0 Å². The molecule has 6 heteroatoms. The van der Waals surface area contributed by atoms with Gasteiger partial charge in [0.15, 0.2) is 6.61 Å². The van der Waals surface area contributed by atoms with E-state index in [-0.39, 0.29) is 18.1 Å². The first-order valence-corrected chi connectivity index (χ1v) is 7.57. The van der Waals surface area contributed by atoms with Crippen molar-refractivity contribution < 1.29 is 19.7 Å². The van der Waals surface area contributed by atoms with Crippen molar-refractivity contribution in [3.8, 4) is 17.2 Å². The van der Waals surface area contributed by atoms with Crippen LogP contribution in [0.5, 0.6) is 17.2 Å². The largest absolute Gasteiger partial charge is 0.508 e. The molecule has 0 radical (unpaired) electrons. The second kappa shape index (κ2) is 7.35. The summed E-state index contributed by atoms with van der Waals surface area (Å²) in [5, 5.41) is 24.7. The van der Waals surface area contributed by atoms with Gasteiger partial charge in [0, 0.05) is 11.6 Å². The second-order valence-corrected chi connectivity index (χ2v) is 5.33. The Morgan fingerprint density at radius 2 is 1.84 bits per heavy atom. The molecule has 0 aliphatic rings. The third-order valence-corrected chi connectivity index (χ3v) is 3.50. The smallest absolute Gasteiger partial charge is 0.277 e. The van der Waals surface area contributed by atoms with Gasteiger partial charge < -0.3 is 14.9 Å². The maximum absolute atomic E-state index is 11.8. The van der Waals surface area contributed by atoms with Crippen molar-refractivity contribution in [1.29, 1.82) is 0 Å². The Morgan fingerprint density at radius 3 is 2.64 bits per heavy atom. The van der Waals surface area contributed by atoms with Crippen LogP contribution in [-0.2, 0) is 4.79 Å². The summed E-state index contributed by atoms with van der Waals surface area (Å²) in [4.78, 5) is 11.8. The van der Waals surface area contributed by atoms with Crippen LogP contribution in [0, 0.1) is 0 Å². The molecule has 6 nitrogen and oxygen atoms in total. The topological polar surface area (TPSA) is 91.2 Å². The van der Waals surface area contributed by atoms with Crippen LogP contribution in [0.25, 0.3) is 10.8 Å². The Kier molecular flexibility index (Phi) is 4.80. The zero-order chi connectivity index (χ0) is 17.6. The summed E-state index contributed by atoms with van der Waals surface area (Å²) in [6.07, 6.45) is 1.28. The van der Waals surface area contributed by atoms with Crippen molar-refractivity contribution in [1.82, 2.24) is 5.43 Å². The number of fused-ring (bicyclic) bond motifs is 1. The van der Waals surface area contributed by atoms with Gasteiger partial charge in [-0.05, 0) is 35.0 Å². The van der Waals surface area contributed by atoms with Gasteiger partial charge in [0.2, 0.25) is 0 Å². The van der Waals surface area contributed by atoms with E-state index in [9.17, 15) is 15.0 Å². The van der Waals surface area contributed by atoms with E-state index in [1.807, 2.05) is 36.4 Å². The highest BCUT2D eigenvalue weighted by atomic mass is 16.5. The van der Waals surface area contributed by atoms with Gasteiger partial charge in [0.1, 0.15) is 17.2 Å². The van der Waals surface area contributed by atoms with Crippen LogP contribution >= 0.6 is 0 Å². The molecule has 126 valence electrons. The molecule has 0 atom stereocenters. The average Bonchev–Trinajstić information content (AvgIpc) is 2.61. The van der Waals surface area contributed by atoms with Gasteiger partial charge >= 0.3 is 0 Å². The van der Waals surface area contributed by atoms with Crippen LogP contribution in [0.2, 0.25) is 0 Å². The molecular formula is C19H16N2O4. The number of phenolic OH excluding ortho intramolecular Hbond substituents is 2. The number of amides is 1. The van der Waals surface area contributed by atoms with Crippen LogP contribution in [0.1, 0.15) is 5.56 Å². The Bertz CT molecular complexity index is 938. The van der Waals surface area contributed by atoms with Crippen LogP contribution < -0.4 is 10.2 Å². The third kappa shape index (κ3) is 4.26. The van der Waals surface area contributed by atoms with E-state index in [0.29, 0.717) is 11.3 Å². The maximum Gasteiger partial charge on any atom is 0.277 e. The van der Waals surface area contributed by atoms with Gasteiger partial charge in [-0.25, -0.2) is 5.43 Å². The number of nitrogens with one attached hydrogen (secondary N) is 1. The van der Waals surface area contributed by atoms with E-state index in [4.69, 9.17) is 4.74 Å². The van der Waals surface area contributed by atoms with E-state index in [1.165, 1.54) is 24.4 Å². The molecule has 0 aliphatic carbocycles.